The van der Waals surface area contributed by atoms with Crippen molar-refractivity contribution in [1.29, 1.82) is 0 Å². The Morgan fingerprint density at radius 1 is 1.44 bits per heavy atom. The molecular weight excluding hydrogens is 226 g/mol. The number of hydrogen-bond donors (Lipinski definition) is 1. The summed E-state index contributed by atoms with van der Waals surface area (Å²) in [7, 11) is 0. The average molecular weight is 243 g/mol. The van der Waals surface area contributed by atoms with Crippen LogP contribution in [0.3, 0.4) is 0 Å². The summed E-state index contributed by atoms with van der Waals surface area (Å²) in [6.45, 7) is 4.26. The Morgan fingerprint density at radius 3 is 3.17 bits per heavy atom. The maximum atomic E-state index is 4.16. The van der Waals surface area contributed by atoms with Crippen LogP contribution in [0.1, 0.15) is 17.8 Å². The second-order valence-electron chi connectivity index (χ2n) is 4.91. The molecule has 0 aliphatic carbocycles. The van der Waals surface area contributed by atoms with Gasteiger partial charge in [0.25, 0.3) is 0 Å². The minimum Gasteiger partial charge on any atom is -0.316 e. The zero-order valence-corrected chi connectivity index (χ0v) is 10.5. The monoisotopic (exact) mass is 243 g/mol. The fraction of sp³-hybridized carbons (Fsp3) is 0.462. The molecule has 0 bridgehead atoms. The molecule has 0 spiro atoms. The predicted molar refractivity (Wildman–Crippen MR) is 68.6 cm³/mol. The van der Waals surface area contributed by atoms with Crippen molar-refractivity contribution in [3.63, 3.8) is 0 Å². The Labute approximate surface area is 106 Å². The Hall–Kier alpha value is -1.75. The molecule has 1 aliphatic heterocycles. The minimum atomic E-state index is 0.652. The van der Waals surface area contributed by atoms with Crippen LogP contribution in [0.25, 0.3) is 5.69 Å². The van der Waals surface area contributed by atoms with Crippen LogP contribution < -0.4 is 5.32 Å². The van der Waals surface area contributed by atoms with Gasteiger partial charge < -0.3 is 5.32 Å². The van der Waals surface area contributed by atoms with Crippen molar-refractivity contribution in [2.45, 2.75) is 19.8 Å². The number of nitrogens with one attached hydrogen (secondary N) is 1. The quantitative estimate of drug-likeness (QED) is 0.877. The van der Waals surface area contributed by atoms with E-state index in [9.17, 15) is 0 Å². The summed E-state index contributed by atoms with van der Waals surface area (Å²) in [5.41, 5.74) is 2.26. The van der Waals surface area contributed by atoms with Crippen molar-refractivity contribution in [2.24, 2.45) is 5.92 Å². The fourth-order valence-corrected chi connectivity index (χ4v) is 2.44. The van der Waals surface area contributed by atoms with E-state index in [0.29, 0.717) is 5.92 Å². The first-order valence-corrected chi connectivity index (χ1v) is 6.38. The van der Waals surface area contributed by atoms with E-state index in [4.69, 9.17) is 0 Å². The Morgan fingerprint density at radius 2 is 2.39 bits per heavy atom. The summed E-state index contributed by atoms with van der Waals surface area (Å²) < 4.78 is 1.85. The molecule has 1 aliphatic rings. The van der Waals surface area contributed by atoms with Crippen LogP contribution >= 0.6 is 0 Å². The number of rotatable bonds is 3. The highest BCUT2D eigenvalue weighted by atomic mass is 15.5. The standard InChI is InChI=1S/C13H17N5/c1-10-3-2-4-12(7-10)18-13(15-16-17-18)8-11-5-6-14-9-11/h2-4,7,11,14H,5-6,8-9H2,1H3. The summed E-state index contributed by atoms with van der Waals surface area (Å²) in [5.74, 6) is 1.61. The van der Waals surface area contributed by atoms with Crippen molar-refractivity contribution in [3.05, 3.63) is 35.7 Å². The number of aromatic nitrogens is 4. The van der Waals surface area contributed by atoms with Crippen LogP contribution in [0.15, 0.2) is 24.3 Å². The first kappa shape index (κ1) is 11.3. The molecule has 1 atom stereocenters. The minimum absolute atomic E-state index is 0.652. The van der Waals surface area contributed by atoms with Gasteiger partial charge >= 0.3 is 0 Å². The SMILES string of the molecule is Cc1cccc(-n2nnnc2CC2CCNC2)c1. The van der Waals surface area contributed by atoms with E-state index >= 15 is 0 Å². The van der Waals surface area contributed by atoms with Gasteiger partial charge in [-0.1, -0.05) is 12.1 Å². The number of nitrogens with zero attached hydrogens (tertiary/aromatic N) is 4. The van der Waals surface area contributed by atoms with E-state index in [1.54, 1.807) is 0 Å². The molecule has 1 N–H and O–H groups in total. The van der Waals surface area contributed by atoms with Crippen molar-refractivity contribution in [2.75, 3.05) is 13.1 Å². The number of benzene rings is 1. The second kappa shape index (κ2) is 4.86. The zero-order chi connectivity index (χ0) is 12.4. The molecule has 3 rings (SSSR count). The van der Waals surface area contributed by atoms with Crippen LogP contribution in [-0.2, 0) is 6.42 Å². The van der Waals surface area contributed by atoms with Gasteiger partial charge in [-0.2, -0.15) is 4.68 Å². The Kier molecular flexibility index (Phi) is 3.06. The lowest BCUT2D eigenvalue weighted by Crippen LogP contribution is -2.13. The van der Waals surface area contributed by atoms with Crippen molar-refractivity contribution in [1.82, 2.24) is 25.5 Å². The van der Waals surface area contributed by atoms with Gasteiger partial charge in [0.15, 0.2) is 5.82 Å². The molecule has 0 radical (unpaired) electrons. The topological polar surface area (TPSA) is 55.6 Å². The van der Waals surface area contributed by atoms with Gasteiger partial charge in [-0.25, -0.2) is 0 Å². The first-order valence-electron chi connectivity index (χ1n) is 6.38. The van der Waals surface area contributed by atoms with E-state index in [1.807, 2.05) is 16.8 Å². The molecule has 0 saturated carbocycles. The summed E-state index contributed by atoms with van der Waals surface area (Å²) in [5, 5.41) is 15.5. The molecule has 1 fully saturated rings. The third-order valence-electron chi connectivity index (χ3n) is 3.41. The van der Waals surface area contributed by atoms with E-state index in [2.05, 4.69) is 39.9 Å². The summed E-state index contributed by atoms with van der Waals surface area (Å²) in [4.78, 5) is 0. The molecule has 0 amide bonds. The first-order chi connectivity index (χ1) is 8.83. The van der Waals surface area contributed by atoms with E-state index < -0.39 is 0 Å². The predicted octanol–water partition coefficient (Wildman–Crippen LogP) is 1.12. The van der Waals surface area contributed by atoms with Crippen LogP contribution in [0.5, 0.6) is 0 Å². The normalized spacial score (nSPS) is 19.3. The van der Waals surface area contributed by atoms with Crippen molar-refractivity contribution in [3.8, 4) is 5.69 Å². The van der Waals surface area contributed by atoms with Crippen molar-refractivity contribution < 1.29 is 0 Å². The largest absolute Gasteiger partial charge is 0.316 e. The lowest BCUT2D eigenvalue weighted by Gasteiger charge is -2.08. The summed E-state index contributed by atoms with van der Waals surface area (Å²) >= 11 is 0. The van der Waals surface area contributed by atoms with Gasteiger partial charge in [-0.3, -0.25) is 0 Å². The highest BCUT2D eigenvalue weighted by molar-refractivity contribution is 5.34. The summed E-state index contributed by atoms with van der Waals surface area (Å²) in [6.07, 6.45) is 2.15. The zero-order valence-electron chi connectivity index (χ0n) is 10.5. The molecule has 18 heavy (non-hydrogen) atoms. The molecule has 1 aromatic carbocycles. The van der Waals surface area contributed by atoms with Crippen molar-refractivity contribution >= 4 is 0 Å². The van der Waals surface area contributed by atoms with E-state index in [0.717, 1.165) is 31.0 Å². The molecule has 1 unspecified atom stereocenters. The van der Waals surface area contributed by atoms with Gasteiger partial charge in [0.1, 0.15) is 0 Å². The molecule has 5 heteroatoms. The molecule has 1 aromatic heterocycles. The highest BCUT2D eigenvalue weighted by Gasteiger charge is 2.19. The Balaban J connectivity index is 1.86. The van der Waals surface area contributed by atoms with Crippen LogP contribution in [0, 0.1) is 12.8 Å². The van der Waals surface area contributed by atoms with E-state index in [-0.39, 0.29) is 0 Å². The van der Waals surface area contributed by atoms with Gasteiger partial charge in [0.2, 0.25) is 0 Å². The smallest absolute Gasteiger partial charge is 0.157 e. The highest BCUT2D eigenvalue weighted by Crippen LogP contribution is 2.16. The van der Waals surface area contributed by atoms with Crippen LogP contribution in [0.2, 0.25) is 0 Å². The molecular formula is C13H17N5. The number of tetrazole rings is 1. The third kappa shape index (κ3) is 2.26. The van der Waals surface area contributed by atoms with E-state index in [1.165, 1.54) is 12.0 Å². The maximum Gasteiger partial charge on any atom is 0.157 e. The molecule has 2 aromatic rings. The maximum absolute atomic E-state index is 4.16. The number of aryl methyl sites for hydroxylation is 1. The fourth-order valence-electron chi connectivity index (χ4n) is 2.44. The second-order valence-corrected chi connectivity index (χ2v) is 4.91. The average Bonchev–Trinajstić information content (AvgIpc) is 3.01. The van der Waals surface area contributed by atoms with Crippen LogP contribution in [0.4, 0.5) is 0 Å². The molecule has 5 nitrogen and oxygen atoms in total. The Bertz CT molecular complexity index is 528. The molecule has 1 saturated heterocycles. The number of hydrogen-bond acceptors (Lipinski definition) is 4. The van der Waals surface area contributed by atoms with Gasteiger partial charge in [0.05, 0.1) is 5.69 Å². The third-order valence-corrected chi connectivity index (χ3v) is 3.41. The van der Waals surface area contributed by atoms with Gasteiger partial charge in [-0.15, -0.1) is 5.10 Å². The summed E-state index contributed by atoms with van der Waals surface area (Å²) in [6, 6.07) is 8.26. The van der Waals surface area contributed by atoms with Gasteiger partial charge in [0, 0.05) is 6.42 Å². The van der Waals surface area contributed by atoms with Gasteiger partial charge in [-0.05, 0) is 60.5 Å². The molecule has 2 heterocycles. The molecule has 94 valence electrons. The lowest BCUT2D eigenvalue weighted by atomic mass is 10.0. The van der Waals surface area contributed by atoms with Crippen LogP contribution in [-0.4, -0.2) is 33.3 Å². The lowest BCUT2D eigenvalue weighted by molar-refractivity contribution is 0.551.